The van der Waals surface area contributed by atoms with Crippen LogP contribution in [-0.2, 0) is 14.8 Å². The number of thioether (sulfide) groups is 1. The fourth-order valence-electron chi connectivity index (χ4n) is 3.48. The summed E-state index contributed by atoms with van der Waals surface area (Å²) in [6.07, 6.45) is 8.65. The van der Waals surface area contributed by atoms with E-state index >= 15 is 4.39 Å². The minimum Gasteiger partial charge on any atom is -0.357 e. The van der Waals surface area contributed by atoms with Crippen LogP contribution in [0.15, 0.2) is 35.7 Å². The summed E-state index contributed by atoms with van der Waals surface area (Å²) in [4.78, 5) is 8.73. The maximum Gasteiger partial charge on any atom is 0.229 e. The topological polar surface area (TPSA) is 99.0 Å². The van der Waals surface area contributed by atoms with Crippen molar-refractivity contribution < 1.29 is 17.5 Å². The van der Waals surface area contributed by atoms with Crippen LogP contribution in [0, 0.1) is 5.82 Å². The van der Waals surface area contributed by atoms with E-state index in [-0.39, 0.29) is 28.2 Å². The van der Waals surface area contributed by atoms with Gasteiger partial charge in [-0.2, -0.15) is 5.10 Å². The van der Waals surface area contributed by atoms with Gasteiger partial charge in [0.25, 0.3) is 0 Å². The van der Waals surface area contributed by atoms with Gasteiger partial charge in [-0.15, -0.1) is 0 Å². The van der Waals surface area contributed by atoms with Crippen LogP contribution < -0.4 is 4.72 Å². The van der Waals surface area contributed by atoms with Crippen molar-refractivity contribution in [2.75, 3.05) is 23.8 Å². The lowest BCUT2D eigenvalue weighted by molar-refractivity contribution is -0.0393. The van der Waals surface area contributed by atoms with Gasteiger partial charge in [0, 0.05) is 35.2 Å². The number of anilines is 1. The third kappa shape index (κ3) is 5.06. The Morgan fingerprint density at radius 3 is 2.81 bits per heavy atom. The van der Waals surface area contributed by atoms with Crippen LogP contribution >= 0.6 is 23.4 Å². The van der Waals surface area contributed by atoms with Gasteiger partial charge < -0.3 is 4.74 Å². The monoisotopic (exact) mass is 497 g/mol. The molecule has 0 radical (unpaired) electrons. The Bertz CT molecular complexity index is 1250. The summed E-state index contributed by atoms with van der Waals surface area (Å²) in [6.45, 7) is 0.618. The Morgan fingerprint density at radius 1 is 1.31 bits per heavy atom. The number of aromatic nitrogens is 4. The van der Waals surface area contributed by atoms with Crippen molar-refractivity contribution in [2.24, 2.45) is 0 Å². The van der Waals surface area contributed by atoms with E-state index < -0.39 is 15.8 Å². The van der Waals surface area contributed by atoms with Crippen LogP contribution in [0.4, 0.5) is 10.1 Å². The summed E-state index contributed by atoms with van der Waals surface area (Å²) in [5, 5.41) is 5.34. The van der Waals surface area contributed by atoms with Crippen molar-refractivity contribution >= 4 is 39.1 Å². The summed E-state index contributed by atoms with van der Waals surface area (Å²) < 4.78 is 48.5. The zero-order valence-corrected chi connectivity index (χ0v) is 19.8. The molecule has 32 heavy (non-hydrogen) atoms. The first-order chi connectivity index (χ1) is 15.2. The van der Waals surface area contributed by atoms with Crippen molar-refractivity contribution in [3.05, 3.63) is 41.4 Å². The predicted molar refractivity (Wildman–Crippen MR) is 123 cm³/mol. The van der Waals surface area contributed by atoms with Gasteiger partial charge in [0.2, 0.25) is 10.0 Å². The van der Waals surface area contributed by atoms with Crippen LogP contribution in [0.1, 0.15) is 25.5 Å². The van der Waals surface area contributed by atoms with E-state index in [0.717, 1.165) is 25.5 Å². The quantitative estimate of drug-likeness (QED) is 0.392. The molecule has 8 nitrogen and oxygen atoms in total. The molecule has 0 aliphatic carbocycles. The highest BCUT2D eigenvalue weighted by Gasteiger charge is 2.25. The number of hydrogen-bond acceptors (Lipinski definition) is 7. The molecule has 170 valence electrons. The van der Waals surface area contributed by atoms with Crippen molar-refractivity contribution in [3.63, 3.8) is 0 Å². The number of nitrogens with one attached hydrogen (secondary N) is 1. The molecule has 12 heteroatoms. The van der Waals surface area contributed by atoms with Crippen molar-refractivity contribution in [1.29, 1.82) is 0 Å². The van der Waals surface area contributed by atoms with E-state index in [1.807, 2.05) is 6.26 Å². The number of rotatable bonds is 6. The first-order valence-corrected chi connectivity index (χ1v) is 13.3. The smallest absolute Gasteiger partial charge is 0.229 e. The van der Waals surface area contributed by atoms with E-state index in [9.17, 15) is 8.42 Å². The zero-order chi connectivity index (χ0) is 22.9. The zero-order valence-electron chi connectivity index (χ0n) is 17.4. The molecule has 1 atom stereocenters. The van der Waals surface area contributed by atoms with E-state index in [1.54, 1.807) is 23.1 Å². The molecule has 0 spiro atoms. The molecule has 1 saturated heterocycles. The van der Waals surface area contributed by atoms with Crippen LogP contribution in [-0.4, -0.2) is 47.3 Å². The average molecular weight is 498 g/mol. The fraction of sp³-hybridized carbons (Fsp3) is 0.350. The van der Waals surface area contributed by atoms with Crippen LogP contribution in [0.5, 0.6) is 0 Å². The van der Waals surface area contributed by atoms with Crippen molar-refractivity contribution in [3.8, 4) is 22.5 Å². The molecule has 2 aromatic heterocycles. The molecule has 1 fully saturated rings. The van der Waals surface area contributed by atoms with E-state index in [2.05, 4.69) is 19.8 Å². The Balaban J connectivity index is 1.90. The molecule has 1 aromatic carbocycles. The number of hydrogen-bond donors (Lipinski definition) is 1. The normalized spacial score (nSPS) is 16.8. The molecular formula is C20H21ClFN5O3S2. The van der Waals surface area contributed by atoms with Crippen LogP contribution in [0.2, 0.25) is 5.02 Å². The van der Waals surface area contributed by atoms with Gasteiger partial charge in [-0.05, 0) is 43.7 Å². The van der Waals surface area contributed by atoms with Crippen molar-refractivity contribution in [2.45, 2.75) is 30.6 Å². The van der Waals surface area contributed by atoms with Gasteiger partial charge in [-0.3, -0.25) is 4.72 Å². The number of benzene rings is 1. The lowest BCUT2D eigenvalue weighted by atomic mass is 10.0. The molecule has 3 heterocycles. The summed E-state index contributed by atoms with van der Waals surface area (Å²) in [5.41, 5.74) is 1.19. The Labute approximate surface area is 194 Å². The maximum atomic E-state index is 15.5. The third-order valence-corrected chi connectivity index (χ3v) is 6.23. The Hall–Kier alpha value is -2.21. The highest BCUT2D eigenvalue weighted by Crippen LogP contribution is 2.38. The minimum atomic E-state index is -3.72. The second-order valence-electron chi connectivity index (χ2n) is 7.31. The molecule has 0 bridgehead atoms. The van der Waals surface area contributed by atoms with Gasteiger partial charge in [-0.1, -0.05) is 23.4 Å². The Morgan fingerprint density at radius 2 is 2.12 bits per heavy atom. The van der Waals surface area contributed by atoms with Crippen LogP contribution in [0.25, 0.3) is 22.5 Å². The maximum absolute atomic E-state index is 15.5. The second-order valence-corrected chi connectivity index (χ2v) is 10.3. The van der Waals surface area contributed by atoms with Crippen LogP contribution in [0.3, 0.4) is 0 Å². The van der Waals surface area contributed by atoms with E-state index in [1.165, 1.54) is 23.9 Å². The molecule has 1 aliphatic rings. The van der Waals surface area contributed by atoms with Gasteiger partial charge in [0.1, 0.15) is 11.9 Å². The number of halogens is 2. The van der Waals surface area contributed by atoms with Crippen molar-refractivity contribution in [1.82, 2.24) is 19.7 Å². The molecular weight excluding hydrogens is 477 g/mol. The molecule has 4 rings (SSSR count). The number of sulfonamides is 1. The lowest BCUT2D eigenvalue weighted by Gasteiger charge is -2.22. The summed E-state index contributed by atoms with van der Waals surface area (Å²) in [6, 6.07) is 4.35. The standard InChI is InChI=1S/C20H21ClFN5O3S2/c1-31-20-23-7-6-15(24-20)14-11-27(17-5-3-4-8-30-17)25-19(14)13-9-12(21)10-16(18(13)22)26-32(2,28)29/h6-7,9-11,17,26H,3-5,8H2,1-2H3. The predicted octanol–water partition coefficient (Wildman–Crippen LogP) is 4.59. The summed E-state index contributed by atoms with van der Waals surface area (Å²) in [5.74, 6) is -0.782. The molecule has 1 N–H and O–H groups in total. The highest BCUT2D eigenvalue weighted by molar-refractivity contribution is 7.98. The average Bonchev–Trinajstić information content (AvgIpc) is 3.21. The molecule has 0 amide bonds. The largest absolute Gasteiger partial charge is 0.357 e. The minimum absolute atomic E-state index is 0.0533. The summed E-state index contributed by atoms with van der Waals surface area (Å²) >= 11 is 7.60. The van der Waals surface area contributed by atoms with Gasteiger partial charge in [0.15, 0.2) is 11.0 Å². The van der Waals surface area contributed by atoms with Gasteiger partial charge in [0.05, 0.1) is 17.6 Å². The third-order valence-electron chi connectivity index (χ3n) is 4.86. The second kappa shape index (κ2) is 9.34. The highest BCUT2D eigenvalue weighted by atomic mass is 35.5. The Kier molecular flexibility index (Phi) is 6.70. The van der Waals surface area contributed by atoms with E-state index in [4.69, 9.17) is 16.3 Å². The first-order valence-electron chi connectivity index (χ1n) is 9.80. The lowest BCUT2D eigenvalue weighted by Crippen LogP contribution is -2.18. The SMILES string of the molecule is CSc1nccc(-c2cn(C3CCCCO3)nc2-c2cc(Cl)cc(NS(C)(=O)=O)c2F)n1. The fourth-order valence-corrected chi connectivity index (χ4v) is 4.60. The first kappa shape index (κ1) is 23.0. The van der Waals surface area contributed by atoms with Gasteiger partial charge >= 0.3 is 0 Å². The van der Waals surface area contributed by atoms with Gasteiger partial charge in [-0.25, -0.2) is 27.5 Å². The molecule has 0 saturated carbocycles. The number of nitrogens with zero attached hydrogens (tertiary/aromatic N) is 4. The number of ether oxygens (including phenoxy) is 1. The molecule has 3 aromatic rings. The summed E-state index contributed by atoms with van der Waals surface area (Å²) in [7, 11) is -3.72. The molecule has 1 aliphatic heterocycles. The van der Waals surface area contributed by atoms with E-state index in [0.29, 0.717) is 23.0 Å². The molecule has 1 unspecified atom stereocenters.